The number of aryl methyl sites for hydroxylation is 1. The lowest BCUT2D eigenvalue weighted by Crippen LogP contribution is -2.14. The van der Waals surface area contributed by atoms with Crippen LogP contribution in [0.3, 0.4) is 0 Å². The average Bonchev–Trinajstić information content (AvgIpc) is 2.60. The van der Waals surface area contributed by atoms with Gasteiger partial charge in [-0.05, 0) is 83.0 Å². The summed E-state index contributed by atoms with van der Waals surface area (Å²) in [5.41, 5.74) is 8.82. The molecule has 2 nitrogen and oxygen atoms in total. The van der Waals surface area contributed by atoms with E-state index < -0.39 is 0 Å². The number of benzene rings is 4. The number of rotatable bonds is 5. The molecule has 0 bridgehead atoms. The SMILES string of the molecule is CN(C)CCCc1c(CN)cc2ccc3cccc4ccc1c2c34. The van der Waals surface area contributed by atoms with Crippen LogP contribution in [0.2, 0.25) is 0 Å². The third kappa shape index (κ3) is 2.43. The fourth-order valence-electron chi connectivity index (χ4n) is 3.98. The van der Waals surface area contributed by atoms with E-state index in [2.05, 4.69) is 67.5 Å². The molecule has 4 rings (SSSR count). The van der Waals surface area contributed by atoms with Crippen molar-refractivity contribution in [3.8, 4) is 0 Å². The smallest absolute Gasteiger partial charge is 0.0181 e. The van der Waals surface area contributed by atoms with Crippen LogP contribution in [0.25, 0.3) is 32.3 Å². The Morgan fingerprint density at radius 2 is 1.58 bits per heavy atom. The van der Waals surface area contributed by atoms with Crippen molar-refractivity contribution in [2.24, 2.45) is 5.73 Å². The molecule has 0 aliphatic carbocycles. The molecule has 0 aliphatic rings. The minimum atomic E-state index is 0.605. The monoisotopic (exact) mass is 316 g/mol. The molecule has 2 heteroatoms. The highest BCUT2D eigenvalue weighted by Gasteiger charge is 2.14. The summed E-state index contributed by atoms with van der Waals surface area (Å²) < 4.78 is 0. The van der Waals surface area contributed by atoms with E-state index >= 15 is 0 Å². The number of nitrogens with two attached hydrogens (primary N) is 1. The maximum atomic E-state index is 6.09. The summed E-state index contributed by atoms with van der Waals surface area (Å²) >= 11 is 0. The van der Waals surface area contributed by atoms with Crippen LogP contribution in [-0.2, 0) is 13.0 Å². The van der Waals surface area contributed by atoms with E-state index in [-0.39, 0.29) is 0 Å². The summed E-state index contributed by atoms with van der Waals surface area (Å²) in [6.07, 6.45) is 2.24. The van der Waals surface area contributed by atoms with Crippen molar-refractivity contribution in [1.82, 2.24) is 4.90 Å². The fraction of sp³-hybridized carbons (Fsp3) is 0.273. The molecular weight excluding hydrogens is 292 g/mol. The van der Waals surface area contributed by atoms with Gasteiger partial charge in [0.1, 0.15) is 0 Å². The zero-order chi connectivity index (χ0) is 16.7. The van der Waals surface area contributed by atoms with E-state index in [4.69, 9.17) is 5.73 Å². The number of nitrogens with zero attached hydrogens (tertiary/aromatic N) is 1. The lowest BCUT2D eigenvalue weighted by Gasteiger charge is -2.18. The molecule has 2 N–H and O–H groups in total. The second-order valence-corrected chi connectivity index (χ2v) is 6.98. The average molecular weight is 316 g/mol. The molecule has 122 valence electrons. The van der Waals surface area contributed by atoms with Crippen molar-refractivity contribution < 1.29 is 0 Å². The molecule has 0 unspecified atom stereocenters. The first-order chi connectivity index (χ1) is 11.7. The molecule has 0 saturated heterocycles. The summed E-state index contributed by atoms with van der Waals surface area (Å²) in [6.45, 7) is 1.71. The van der Waals surface area contributed by atoms with Crippen LogP contribution in [-0.4, -0.2) is 25.5 Å². The van der Waals surface area contributed by atoms with E-state index in [1.54, 1.807) is 0 Å². The maximum absolute atomic E-state index is 6.09. The molecule has 0 heterocycles. The first-order valence-electron chi connectivity index (χ1n) is 8.72. The summed E-state index contributed by atoms with van der Waals surface area (Å²) in [5, 5.41) is 8.14. The minimum Gasteiger partial charge on any atom is -0.326 e. The standard InChI is InChI=1S/C22H24N2/c1-24(2)12-4-7-19-18(14-23)13-17-9-8-15-5-3-6-16-10-11-20(19)22(17)21(15)16/h3,5-6,8-11,13H,4,7,12,14,23H2,1-2H3. The maximum Gasteiger partial charge on any atom is 0.0181 e. The van der Waals surface area contributed by atoms with Crippen LogP contribution in [0.15, 0.2) is 48.5 Å². The van der Waals surface area contributed by atoms with Gasteiger partial charge < -0.3 is 10.6 Å². The first kappa shape index (κ1) is 15.4. The molecule has 0 saturated carbocycles. The van der Waals surface area contributed by atoms with Crippen LogP contribution in [0, 0.1) is 0 Å². The first-order valence-corrected chi connectivity index (χ1v) is 8.72. The second kappa shape index (κ2) is 6.04. The molecule has 4 aromatic rings. The van der Waals surface area contributed by atoms with Gasteiger partial charge in [-0.1, -0.05) is 42.5 Å². The van der Waals surface area contributed by atoms with Gasteiger partial charge in [0.25, 0.3) is 0 Å². The van der Waals surface area contributed by atoms with Crippen molar-refractivity contribution in [1.29, 1.82) is 0 Å². The third-order valence-corrected chi connectivity index (χ3v) is 5.10. The number of hydrogen-bond acceptors (Lipinski definition) is 2. The van der Waals surface area contributed by atoms with Crippen LogP contribution in [0.4, 0.5) is 0 Å². The van der Waals surface area contributed by atoms with Crippen LogP contribution >= 0.6 is 0 Å². The van der Waals surface area contributed by atoms with Gasteiger partial charge in [0, 0.05) is 6.54 Å². The van der Waals surface area contributed by atoms with Gasteiger partial charge in [-0.3, -0.25) is 0 Å². The molecule has 4 aromatic carbocycles. The predicted octanol–water partition coefficient (Wildman–Crippen LogP) is 4.54. The molecule has 0 fully saturated rings. The van der Waals surface area contributed by atoms with Crippen LogP contribution in [0.1, 0.15) is 17.5 Å². The molecule has 0 amide bonds. The van der Waals surface area contributed by atoms with Gasteiger partial charge >= 0.3 is 0 Å². The molecule has 0 aromatic heterocycles. The lowest BCUT2D eigenvalue weighted by molar-refractivity contribution is 0.400. The Morgan fingerprint density at radius 1 is 0.875 bits per heavy atom. The Labute approximate surface area is 143 Å². The zero-order valence-electron chi connectivity index (χ0n) is 14.5. The Balaban J connectivity index is 1.99. The lowest BCUT2D eigenvalue weighted by atomic mass is 9.88. The van der Waals surface area contributed by atoms with Crippen molar-refractivity contribution in [3.63, 3.8) is 0 Å². The van der Waals surface area contributed by atoms with Gasteiger partial charge in [-0.25, -0.2) is 0 Å². The Hall–Kier alpha value is -2.16. The highest BCUT2D eigenvalue weighted by molar-refractivity contribution is 6.23. The third-order valence-electron chi connectivity index (χ3n) is 5.10. The summed E-state index contributed by atoms with van der Waals surface area (Å²) in [4.78, 5) is 2.25. The molecule has 24 heavy (non-hydrogen) atoms. The highest BCUT2D eigenvalue weighted by Crippen LogP contribution is 2.37. The van der Waals surface area contributed by atoms with Crippen LogP contribution < -0.4 is 5.73 Å². The van der Waals surface area contributed by atoms with Crippen molar-refractivity contribution in [2.75, 3.05) is 20.6 Å². The molecular formula is C22H24N2. The molecule has 0 spiro atoms. The van der Waals surface area contributed by atoms with Crippen molar-refractivity contribution in [2.45, 2.75) is 19.4 Å². The Bertz CT molecular complexity index is 985. The Kier molecular flexibility index (Phi) is 3.87. The van der Waals surface area contributed by atoms with Gasteiger partial charge in [0.05, 0.1) is 0 Å². The minimum absolute atomic E-state index is 0.605. The predicted molar refractivity (Wildman–Crippen MR) is 105 cm³/mol. The Morgan fingerprint density at radius 3 is 2.29 bits per heavy atom. The topological polar surface area (TPSA) is 29.3 Å². The van der Waals surface area contributed by atoms with Crippen molar-refractivity contribution >= 4 is 32.3 Å². The normalized spacial score (nSPS) is 12.2. The quantitative estimate of drug-likeness (QED) is 0.548. The van der Waals surface area contributed by atoms with Crippen LogP contribution in [0.5, 0.6) is 0 Å². The van der Waals surface area contributed by atoms with E-state index in [0.717, 1.165) is 19.4 Å². The second-order valence-electron chi connectivity index (χ2n) is 6.98. The zero-order valence-corrected chi connectivity index (χ0v) is 14.5. The highest BCUT2D eigenvalue weighted by atomic mass is 15.0. The fourth-order valence-corrected chi connectivity index (χ4v) is 3.98. The molecule has 0 radical (unpaired) electrons. The van der Waals surface area contributed by atoms with Gasteiger partial charge in [0.2, 0.25) is 0 Å². The van der Waals surface area contributed by atoms with E-state index in [9.17, 15) is 0 Å². The van der Waals surface area contributed by atoms with E-state index in [0.29, 0.717) is 6.54 Å². The van der Waals surface area contributed by atoms with E-state index in [1.165, 1.54) is 43.4 Å². The summed E-state index contributed by atoms with van der Waals surface area (Å²) in [7, 11) is 4.27. The molecule has 0 atom stereocenters. The number of hydrogen-bond donors (Lipinski definition) is 1. The summed E-state index contributed by atoms with van der Waals surface area (Å²) in [6, 6.07) is 17.9. The van der Waals surface area contributed by atoms with E-state index in [1.807, 2.05) is 0 Å². The summed E-state index contributed by atoms with van der Waals surface area (Å²) in [5.74, 6) is 0. The van der Waals surface area contributed by atoms with Gasteiger partial charge in [-0.15, -0.1) is 0 Å². The van der Waals surface area contributed by atoms with Gasteiger partial charge in [-0.2, -0.15) is 0 Å². The molecule has 0 aliphatic heterocycles. The van der Waals surface area contributed by atoms with Crippen molar-refractivity contribution in [3.05, 3.63) is 59.7 Å². The van der Waals surface area contributed by atoms with Gasteiger partial charge in [0.15, 0.2) is 0 Å². The largest absolute Gasteiger partial charge is 0.326 e.